The van der Waals surface area contributed by atoms with Crippen molar-refractivity contribution in [1.82, 2.24) is 20.5 Å². The van der Waals surface area contributed by atoms with Gasteiger partial charge in [-0.1, -0.05) is 17.7 Å². The largest absolute Gasteiger partial charge is 0.508 e. The van der Waals surface area contributed by atoms with Gasteiger partial charge in [-0.05, 0) is 12.1 Å². The zero-order valence-corrected chi connectivity index (χ0v) is 9.91. The summed E-state index contributed by atoms with van der Waals surface area (Å²) in [5.74, 6) is 1.05. The number of nitrogens with zero attached hydrogens (tertiary/aromatic N) is 2. The van der Waals surface area contributed by atoms with Gasteiger partial charge >= 0.3 is 0 Å². The van der Waals surface area contributed by atoms with Crippen LogP contribution < -0.4 is 5.32 Å². The Morgan fingerprint density at radius 1 is 1.41 bits per heavy atom. The molecule has 1 heterocycles. The van der Waals surface area contributed by atoms with E-state index < -0.39 is 0 Å². The molecular formula is C11H13ClN4O. The van der Waals surface area contributed by atoms with Crippen molar-refractivity contribution in [3.05, 3.63) is 40.9 Å². The fourth-order valence-corrected chi connectivity index (χ4v) is 1.73. The van der Waals surface area contributed by atoms with Crippen LogP contribution in [0.15, 0.2) is 24.5 Å². The highest BCUT2D eigenvalue weighted by Crippen LogP contribution is 2.24. The zero-order chi connectivity index (χ0) is 12.1. The van der Waals surface area contributed by atoms with Crippen LogP contribution in [-0.2, 0) is 13.0 Å². The quantitative estimate of drug-likeness (QED) is 0.705. The van der Waals surface area contributed by atoms with E-state index in [2.05, 4.69) is 20.5 Å². The maximum atomic E-state index is 9.62. The fourth-order valence-electron chi connectivity index (χ4n) is 1.49. The molecule has 3 N–H and O–H groups in total. The first-order valence-corrected chi connectivity index (χ1v) is 5.66. The number of rotatable bonds is 5. The van der Waals surface area contributed by atoms with Gasteiger partial charge in [-0.3, -0.25) is 5.10 Å². The van der Waals surface area contributed by atoms with E-state index in [1.54, 1.807) is 18.2 Å². The minimum absolute atomic E-state index is 0.213. The van der Waals surface area contributed by atoms with E-state index in [-0.39, 0.29) is 5.75 Å². The molecule has 1 aromatic carbocycles. The Morgan fingerprint density at radius 3 is 3.00 bits per heavy atom. The van der Waals surface area contributed by atoms with Crippen LogP contribution in [-0.4, -0.2) is 26.8 Å². The van der Waals surface area contributed by atoms with Crippen molar-refractivity contribution in [2.45, 2.75) is 13.0 Å². The molecule has 0 radical (unpaired) electrons. The molecule has 17 heavy (non-hydrogen) atoms. The van der Waals surface area contributed by atoms with Gasteiger partial charge in [0.1, 0.15) is 17.9 Å². The number of phenols is 1. The molecule has 0 atom stereocenters. The topological polar surface area (TPSA) is 73.8 Å². The summed E-state index contributed by atoms with van der Waals surface area (Å²) in [6.07, 6.45) is 2.24. The highest BCUT2D eigenvalue weighted by molar-refractivity contribution is 6.31. The maximum Gasteiger partial charge on any atom is 0.137 e. The minimum atomic E-state index is 0.213. The van der Waals surface area contributed by atoms with E-state index in [9.17, 15) is 5.11 Å². The van der Waals surface area contributed by atoms with Gasteiger partial charge in [0.05, 0.1) is 0 Å². The lowest BCUT2D eigenvalue weighted by Gasteiger charge is -2.07. The maximum absolute atomic E-state index is 9.62. The summed E-state index contributed by atoms with van der Waals surface area (Å²) in [5, 5.41) is 19.9. The summed E-state index contributed by atoms with van der Waals surface area (Å²) in [6.45, 7) is 1.26. The van der Waals surface area contributed by atoms with Gasteiger partial charge in [0, 0.05) is 30.1 Å². The van der Waals surface area contributed by atoms with Crippen LogP contribution in [0.5, 0.6) is 5.75 Å². The number of benzene rings is 1. The Morgan fingerprint density at radius 2 is 2.29 bits per heavy atom. The number of hydrogen-bond donors (Lipinski definition) is 3. The molecular weight excluding hydrogens is 240 g/mol. The van der Waals surface area contributed by atoms with E-state index in [4.69, 9.17) is 11.6 Å². The average Bonchev–Trinajstić information content (AvgIpc) is 2.80. The molecule has 0 spiro atoms. The normalized spacial score (nSPS) is 10.6. The number of aromatic nitrogens is 3. The van der Waals surface area contributed by atoms with E-state index in [0.29, 0.717) is 17.1 Å². The molecule has 0 amide bonds. The second-order valence-corrected chi connectivity index (χ2v) is 4.00. The Balaban J connectivity index is 1.82. The summed E-state index contributed by atoms with van der Waals surface area (Å²) in [6, 6.07) is 5.10. The average molecular weight is 253 g/mol. The molecule has 5 nitrogen and oxygen atoms in total. The smallest absolute Gasteiger partial charge is 0.137 e. The Hall–Kier alpha value is -1.59. The monoisotopic (exact) mass is 252 g/mol. The van der Waals surface area contributed by atoms with Crippen LogP contribution in [0.1, 0.15) is 11.4 Å². The van der Waals surface area contributed by atoms with E-state index in [0.717, 1.165) is 18.8 Å². The minimum Gasteiger partial charge on any atom is -0.508 e. The molecule has 0 fully saturated rings. The number of aromatic hydroxyl groups is 1. The molecule has 6 heteroatoms. The third-order valence-electron chi connectivity index (χ3n) is 2.40. The summed E-state index contributed by atoms with van der Waals surface area (Å²) >= 11 is 5.98. The molecule has 0 unspecified atom stereocenters. The highest BCUT2D eigenvalue weighted by Gasteiger charge is 2.05. The van der Waals surface area contributed by atoms with Crippen LogP contribution in [0.25, 0.3) is 0 Å². The predicted molar refractivity (Wildman–Crippen MR) is 64.9 cm³/mol. The SMILES string of the molecule is Oc1cccc(Cl)c1CNCCc1ncn[nH]1. The predicted octanol–water partition coefficient (Wildman–Crippen LogP) is 1.50. The molecule has 0 saturated carbocycles. The van der Waals surface area contributed by atoms with Crippen molar-refractivity contribution in [2.24, 2.45) is 0 Å². The van der Waals surface area contributed by atoms with E-state index in [1.807, 2.05) is 0 Å². The molecule has 2 rings (SSSR count). The molecule has 0 aliphatic rings. The summed E-state index contributed by atoms with van der Waals surface area (Å²) in [7, 11) is 0. The molecule has 0 bridgehead atoms. The van der Waals surface area contributed by atoms with Gasteiger partial charge < -0.3 is 10.4 Å². The third kappa shape index (κ3) is 3.18. The molecule has 0 saturated heterocycles. The molecule has 1 aromatic heterocycles. The second kappa shape index (κ2) is 5.65. The number of hydrogen-bond acceptors (Lipinski definition) is 4. The zero-order valence-electron chi connectivity index (χ0n) is 9.15. The van der Waals surface area contributed by atoms with Crippen LogP contribution in [0.4, 0.5) is 0 Å². The van der Waals surface area contributed by atoms with Crippen molar-refractivity contribution < 1.29 is 5.11 Å². The van der Waals surface area contributed by atoms with E-state index >= 15 is 0 Å². The lowest BCUT2D eigenvalue weighted by Crippen LogP contribution is -2.17. The lowest BCUT2D eigenvalue weighted by atomic mass is 10.2. The van der Waals surface area contributed by atoms with Gasteiger partial charge in [0.15, 0.2) is 0 Å². The first kappa shape index (κ1) is 11.9. The van der Waals surface area contributed by atoms with Crippen LogP contribution in [0.3, 0.4) is 0 Å². The first-order valence-electron chi connectivity index (χ1n) is 5.28. The van der Waals surface area contributed by atoms with Crippen molar-refractivity contribution in [1.29, 1.82) is 0 Å². The van der Waals surface area contributed by atoms with Gasteiger partial charge in [0.2, 0.25) is 0 Å². The van der Waals surface area contributed by atoms with Gasteiger partial charge in [-0.15, -0.1) is 0 Å². The van der Waals surface area contributed by atoms with Gasteiger partial charge in [-0.2, -0.15) is 5.10 Å². The molecule has 2 aromatic rings. The van der Waals surface area contributed by atoms with Crippen LogP contribution >= 0.6 is 11.6 Å². The van der Waals surface area contributed by atoms with Crippen molar-refractivity contribution in [3.63, 3.8) is 0 Å². The number of aromatic amines is 1. The molecule has 0 aliphatic carbocycles. The number of H-pyrrole nitrogens is 1. The number of phenolic OH excluding ortho intramolecular Hbond substituents is 1. The van der Waals surface area contributed by atoms with Crippen molar-refractivity contribution in [2.75, 3.05) is 6.54 Å². The van der Waals surface area contributed by atoms with Gasteiger partial charge in [0.25, 0.3) is 0 Å². The summed E-state index contributed by atoms with van der Waals surface area (Å²) in [4.78, 5) is 4.01. The summed E-state index contributed by atoms with van der Waals surface area (Å²) in [5.41, 5.74) is 0.715. The van der Waals surface area contributed by atoms with Crippen LogP contribution in [0, 0.1) is 0 Å². The Kier molecular flexibility index (Phi) is 3.95. The fraction of sp³-hybridized carbons (Fsp3) is 0.273. The third-order valence-corrected chi connectivity index (χ3v) is 2.75. The summed E-state index contributed by atoms with van der Waals surface area (Å²) < 4.78 is 0. The van der Waals surface area contributed by atoms with Crippen LogP contribution in [0.2, 0.25) is 5.02 Å². The van der Waals surface area contributed by atoms with E-state index in [1.165, 1.54) is 6.33 Å². The number of nitrogens with one attached hydrogen (secondary N) is 2. The van der Waals surface area contributed by atoms with Crippen molar-refractivity contribution >= 4 is 11.6 Å². The van der Waals surface area contributed by atoms with Gasteiger partial charge in [-0.25, -0.2) is 4.98 Å². The van der Waals surface area contributed by atoms with Crippen molar-refractivity contribution in [3.8, 4) is 5.75 Å². The molecule has 0 aliphatic heterocycles. The first-order chi connectivity index (χ1) is 8.27. The second-order valence-electron chi connectivity index (χ2n) is 3.60. The number of halogens is 1. The lowest BCUT2D eigenvalue weighted by molar-refractivity contribution is 0.464. The highest BCUT2D eigenvalue weighted by atomic mass is 35.5. The Labute approximate surface area is 104 Å². The standard InChI is InChI=1S/C11H13ClN4O/c12-9-2-1-3-10(17)8(9)6-13-5-4-11-14-7-15-16-11/h1-3,7,13,17H,4-6H2,(H,14,15,16). The Bertz CT molecular complexity index is 452. The molecule has 90 valence electrons.